The quantitative estimate of drug-likeness (QED) is 0.656. The molecule has 1 saturated heterocycles. The molecule has 2 N–H and O–H groups in total. The van der Waals surface area contributed by atoms with E-state index in [1.54, 1.807) is 4.90 Å². The van der Waals surface area contributed by atoms with Crippen molar-refractivity contribution in [2.75, 3.05) is 26.2 Å². The number of nitrogens with one attached hydrogen (secondary N) is 2. The largest absolute Gasteiger partial charge is 0.352 e. The summed E-state index contributed by atoms with van der Waals surface area (Å²) in [5.74, 6) is 0.233. The molecule has 5 nitrogen and oxygen atoms in total. The minimum absolute atomic E-state index is 0.113. The van der Waals surface area contributed by atoms with Crippen molar-refractivity contribution in [1.82, 2.24) is 15.5 Å². The van der Waals surface area contributed by atoms with Gasteiger partial charge in [0.05, 0.1) is 6.54 Å². The Balaban J connectivity index is 2.15. The molecule has 0 radical (unpaired) electrons. The maximum Gasteiger partial charge on any atom is 0.236 e. The van der Waals surface area contributed by atoms with Crippen LogP contribution in [-0.4, -0.2) is 48.9 Å². The molecule has 1 fully saturated rings. The molecular weight excluding hydrogens is 206 g/mol. The number of rotatable bonds is 6. The van der Waals surface area contributed by atoms with Gasteiger partial charge in [0.1, 0.15) is 0 Å². The summed E-state index contributed by atoms with van der Waals surface area (Å²) in [6.45, 7) is 6.47. The van der Waals surface area contributed by atoms with E-state index in [1.807, 2.05) is 13.8 Å². The summed E-state index contributed by atoms with van der Waals surface area (Å²) in [5.41, 5.74) is 0. The maximum atomic E-state index is 11.6. The fourth-order valence-electron chi connectivity index (χ4n) is 1.87. The van der Waals surface area contributed by atoms with Crippen LogP contribution in [0.4, 0.5) is 0 Å². The third kappa shape index (κ3) is 3.81. The first-order valence-electron chi connectivity index (χ1n) is 5.95. The summed E-state index contributed by atoms with van der Waals surface area (Å²) in [5, 5.41) is 5.95. The average Bonchev–Trinajstić information content (AvgIpc) is 2.66. The number of likely N-dealkylation sites (N-methyl/N-ethyl adjacent to an activating group) is 1. The van der Waals surface area contributed by atoms with Gasteiger partial charge in [-0.1, -0.05) is 0 Å². The van der Waals surface area contributed by atoms with E-state index in [1.165, 1.54) is 0 Å². The Morgan fingerprint density at radius 1 is 1.50 bits per heavy atom. The van der Waals surface area contributed by atoms with E-state index in [4.69, 9.17) is 0 Å². The molecule has 1 rings (SSSR count). The van der Waals surface area contributed by atoms with E-state index in [9.17, 15) is 9.59 Å². The molecule has 0 aromatic heterocycles. The SMILES string of the molecule is CCN(CC)C(=O)CNCC1CCC(=O)N1. The van der Waals surface area contributed by atoms with Crippen LogP contribution in [0.25, 0.3) is 0 Å². The van der Waals surface area contributed by atoms with Crippen LogP contribution in [0.15, 0.2) is 0 Å². The Morgan fingerprint density at radius 3 is 2.69 bits per heavy atom. The summed E-state index contributed by atoms with van der Waals surface area (Å²) in [4.78, 5) is 24.3. The average molecular weight is 227 g/mol. The molecule has 1 aliphatic heterocycles. The topological polar surface area (TPSA) is 61.4 Å². The Hall–Kier alpha value is -1.10. The van der Waals surface area contributed by atoms with Crippen molar-refractivity contribution in [3.63, 3.8) is 0 Å². The molecule has 92 valence electrons. The molecular formula is C11H21N3O2. The van der Waals surface area contributed by atoms with Crippen LogP contribution >= 0.6 is 0 Å². The molecule has 0 bridgehead atoms. The van der Waals surface area contributed by atoms with Crippen LogP contribution < -0.4 is 10.6 Å². The van der Waals surface area contributed by atoms with Gasteiger partial charge in [-0.25, -0.2) is 0 Å². The summed E-state index contributed by atoms with van der Waals surface area (Å²) < 4.78 is 0. The highest BCUT2D eigenvalue weighted by atomic mass is 16.2. The lowest BCUT2D eigenvalue weighted by Crippen LogP contribution is -2.42. The van der Waals surface area contributed by atoms with E-state index in [2.05, 4.69) is 10.6 Å². The molecule has 0 aromatic carbocycles. The van der Waals surface area contributed by atoms with Gasteiger partial charge in [0.15, 0.2) is 0 Å². The molecule has 0 aromatic rings. The van der Waals surface area contributed by atoms with E-state index >= 15 is 0 Å². The molecule has 16 heavy (non-hydrogen) atoms. The van der Waals surface area contributed by atoms with E-state index in [-0.39, 0.29) is 17.9 Å². The van der Waals surface area contributed by atoms with Crippen molar-refractivity contribution in [3.05, 3.63) is 0 Å². The number of amides is 2. The number of hydrogen-bond acceptors (Lipinski definition) is 3. The maximum absolute atomic E-state index is 11.6. The van der Waals surface area contributed by atoms with Crippen LogP contribution in [0.2, 0.25) is 0 Å². The van der Waals surface area contributed by atoms with Crippen molar-refractivity contribution >= 4 is 11.8 Å². The first-order valence-corrected chi connectivity index (χ1v) is 5.95. The summed E-state index contributed by atoms with van der Waals surface area (Å²) >= 11 is 0. The van der Waals surface area contributed by atoms with Gasteiger partial charge in [0.2, 0.25) is 11.8 Å². The van der Waals surface area contributed by atoms with Gasteiger partial charge in [-0.3, -0.25) is 9.59 Å². The third-order valence-corrected chi connectivity index (χ3v) is 2.87. The Kier molecular flexibility index (Phi) is 5.25. The van der Waals surface area contributed by atoms with Gasteiger partial charge >= 0.3 is 0 Å². The minimum Gasteiger partial charge on any atom is -0.352 e. The van der Waals surface area contributed by atoms with Gasteiger partial charge in [-0.05, 0) is 20.3 Å². The zero-order valence-electron chi connectivity index (χ0n) is 10.1. The molecule has 2 amide bonds. The second-order valence-corrected chi connectivity index (χ2v) is 4.00. The van der Waals surface area contributed by atoms with Crippen LogP contribution in [0.3, 0.4) is 0 Å². The number of carbonyl (C=O) groups excluding carboxylic acids is 2. The smallest absolute Gasteiger partial charge is 0.236 e. The standard InChI is InChI=1S/C11H21N3O2/c1-3-14(4-2)11(16)8-12-7-9-5-6-10(15)13-9/h9,12H,3-8H2,1-2H3,(H,13,15). The normalized spacial score (nSPS) is 19.6. The lowest BCUT2D eigenvalue weighted by atomic mass is 10.2. The number of nitrogens with zero attached hydrogens (tertiary/aromatic N) is 1. The molecule has 0 saturated carbocycles. The first-order chi connectivity index (χ1) is 7.67. The molecule has 1 unspecified atom stereocenters. The van der Waals surface area contributed by atoms with Gasteiger partial charge in [-0.2, -0.15) is 0 Å². The summed E-state index contributed by atoms with van der Waals surface area (Å²) in [7, 11) is 0. The van der Waals surface area contributed by atoms with Gasteiger partial charge < -0.3 is 15.5 Å². The highest BCUT2D eigenvalue weighted by molar-refractivity contribution is 5.79. The fourth-order valence-corrected chi connectivity index (χ4v) is 1.87. The molecule has 5 heteroatoms. The van der Waals surface area contributed by atoms with Crippen LogP contribution in [-0.2, 0) is 9.59 Å². The lowest BCUT2D eigenvalue weighted by Gasteiger charge is -2.19. The van der Waals surface area contributed by atoms with Crippen molar-refractivity contribution in [2.45, 2.75) is 32.7 Å². The Labute approximate surface area is 96.6 Å². The highest BCUT2D eigenvalue weighted by Gasteiger charge is 2.20. The predicted octanol–water partition coefficient (Wildman–Crippen LogP) is -0.277. The van der Waals surface area contributed by atoms with E-state index < -0.39 is 0 Å². The minimum atomic E-state index is 0.113. The Morgan fingerprint density at radius 2 is 2.19 bits per heavy atom. The second kappa shape index (κ2) is 6.48. The van der Waals surface area contributed by atoms with Crippen LogP contribution in [0.1, 0.15) is 26.7 Å². The summed E-state index contributed by atoms with van der Waals surface area (Å²) in [6.07, 6.45) is 1.47. The highest BCUT2D eigenvalue weighted by Crippen LogP contribution is 2.04. The van der Waals surface area contributed by atoms with Crippen molar-refractivity contribution < 1.29 is 9.59 Å². The molecule has 0 aliphatic carbocycles. The zero-order valence-corrected chi connectivity index (χ0v) is 10.1. The molecule has 0 spiro atoms. The van der Waals surface area contributed by atoms with Crippen LogP contribution in [0.5, 0.6) is 0 Å². The van der Waals surface area contributed by atoms with Gasteiger partial charge in [0.25, 0.3) is 0 Å². The van der Waals surface area contributed by atoms with Crippen molar-refractivity contribution in [3.8, 4) is 0 Å². The number of hydrogen-bond donors (Lipinski definition) is 2. The zero-order chi connectivity index (χ0) is 12.0. The van der Waals surface area contributed by atoms with E-state index in [0.29, 0.717) is 19.5 Å². The second-order valence-electron chi connectivity index (χ2n) is 4.00. The predicted molar refractivity (Wildman–Crippen MR) is 62.0 cm³/mol. The molecule has 1 aliphatic rings. The van der Waals surface area contributed by atoms with Crippen molar-refractivity contribution in [2.24, 2.45) is 0 Å². The molecule has 1 heterocycles. The fraction of sp³-hybridized carbons (Fsp3) is 0.818. The monoisotopic (exact) mass is 227 g/mol. The first kappa shape index (κ1) is 13.0. The van der Waals surface area contributed by atoms with Crippen LogP contribution in [0, 0.1) is 0 Å². The third-order valence-electron chi connectivity index (χ3n) is 2.87. The van der Waals surface area contributed by atoms with E-state index in [0.717, 1.165) is 19.5 Å². The van der Waals surface area contributed by atoms with Gasteiger partial charge in [0, 0.05) is 32.1 Å². The number of carbonyl (C=O) groups is 2. The lowest BCUT2D eigenvalue weighted by molar-refractivity contribution is -0.129. The Bertz CT molecular complexity index is 252. The molecule has 1 atom stereocenters. The van der Waals surface area contributed by atoms with Crippen molar-refractivity contribution in [1.29, 1.82) is 0 Å². The summed E-state index contributed by atoms with van der Waals surface area (Å²) in [6, 6.07) is 0.192. The van der Waals surface area contributed by atoms with Gasteiger partial charge in [-0.15, -0.1) is 0 Å².